The number of hydrogen-bond donors (Lipinski definition) is 2. The number of anilines is 1. The van der Waals surface area contributed by atoms with Crippen LogP contribution in [0.3, 0.4) is 0 Å². The van der Waals surface area contributed by atoms with Crippen molar-refractivity contribution in [3.63, 3.8) is 0 Å². The smallest absolute Gasteiger partial charge is 0.392 e. The van der Waals surface area contributed by atoms with Gasteiger partial charge in [0.2, 0.25) is 10.0 Å². The highest BCUT2D eigenvalue weighted by atomic mass is 35.5. The molecule has 21 heavy (non-hydrogen) atoms. The third-order valence-corrected chi connectivity index (χ3v) is 5.21. The predicted molar refractivity (Wildman–Crippen MR) is 79.9 cm³/mol. The molecule has 0 amide bonds. The molecule has 0 aromatic heterocycles. The van der Waals surface area contributed by atoms with Crippen LogP contribution in [-0.4, -0.2) is 18.7 Å². The van der Waals surface area contributed by atoms with E-state index in [1.807, 2.05) is 4.72 Å². The molecule has 0 heterocycles. The lowest BCUT2D eigenvalue weighted by molar-refractivity contribution is -0.137. The molecule has 10 heteroatoms. The highest BCUT2D eigenvalue weighted by Gasteiger charge is 2.34. The minimum Gasteiger partial charge on any atom is -0.392 e. The van der Waals surface area contributed by atoms with E-state index in [1.165, 1.54) is 0 Å². The zero-order valence-corrected chi connectivity index (χ0v) is 13.1. The number of sulfonamides is 1. The number of nitrogens with one attached hydrogen (secondary N) is 1. The van der Waals surface area contributed by atoms with Crippen LogP contribution >= 0.6 is 23.8 Å². The molecule has 0 saturated heterocycles. The summed E-state index contributed by atoms with van der Waals surface area (Å²) in [4.78, 5) is -0.255. The first-order chi connectivity index (χ1) is 9.49. The fraction of sp³-hybridized carbons (Fsp3) is 0.364. The third-order valence-electron chi connectivity index (χ3n) is 2.59. The molecule has 118 valence electrons. The van der Waals surface area contributed by atoms with Gasteiger partial charge in [-0.1, -0.05) is 30.7 Å². The van der Waals surface area contributed by atoms with Gasteiger partial charge < -0.3 is 5.73 Å². The standard InChI is InChI=1S/C11H12ClF3N2O2S2/c1-2-9(10(16)20)21(18,19)17-6-3-4-8(12)7(5-6)11(13,14)15/h3-5,9,17H,2H2,1H3,(H2,16,20). The molecular formula is C11H12ClF3N2O2S2. The second kappa shape index (κ2) is 6.37. The summed E-state index contributed by atoms with van der Waals surface area (Å²) in [7, 11) is -4.03. The topological polar surface area (TPSA) is 72.2 Å². The monoisotopic (exact) mass is 360 g/mol. The molecule has 1 aromatic carbocycles. The van der Waals surface area contributed by atoms with E-state index >= 15 is 0 Å². The highest BCUT2D eigenvalue weighted by molar-refractivity contribution is 7.95. The molecular weight excluding hydrogens is 349 g/mol. The maximum atomic E-state index is 12.7. The molecule has 4 nitrogen and oxygen atoms in total. The third kappa shape index (κ3) is 4.45. The summed E-state index contributed by atoms with van der Waals surface area (Å²) in [6, 6.07) is 2.71. The summed E-state index contributed by atoms with van der Waals surface area (Å²) >= 11 is 10.1. The zero-order valence-electron chi connectivity index (χ0n) is 10.7. The minimum atomic E-state index is -4.69. The van der Waals surface area contributed by atoms with Crippen LogP contribution in [-0.2, 0) is 16.2 Å². The van der Waals surface area contributed by atoms with Crippen molar-refractivity contribution in [3.8, 4) is 0 Å². The molecule has 0 aliphatic carbocycles. The highest BCUT2D eigenvalue weighted by Crippen LogP contribution is 2.36. The van der Waals surface area contributed by atoms with Gasteiger partial charge in [-0.15, -0.1) is 0 Å². The van der Waals surface area contributed by atoms with Gasteiger partial charge in [0.1, 0.15) is 5.25 Å². The van der Waals surface area contributed by atoms with Crippen molar-refractivity contribution < 1.29 is 21.6 Å². The van der Waals surface area contributed by atoms with Gasteiger partial charge in [-0.25, -0.2) is 8.42 Å². The van der Waals surface area contributed by atoms with Crippen LogP contribution in [0.2, 0.25) is 5.02 Å². The van der Waals surface area contributed by atoms with Crippen molar-refractivity contribution in [3.05, 3.63) is 28.8 Å². The Hall–Kier alpha value is -1.06. The van der Waals surface area contributed by atoms with Crippen molar-refractivity contribution in [1.82, 2.24) is 0 Å². The fourth-order valence-electron chi connectivity index (χ4n) is 1.61. The Balaban J connectivity index is 3.17. The molecule has 1 rings (SSSR count). The van der Waals surface area contributed by atoms with E-state index in [0.717, 1.165) is 12.1 Å². The number of nitrogens with two attached hydrogens (primary N) is 1. The van der Waals surface area contributed by atoms with Gasteiger partial charge in [0, 0.05) is 5.69 Å². The van der Waals surface area contributed by atoms with Crippen molar-refractivity contribution >= 4 is 44.5 Å². The average molecular weight is 361 g/mol. The van der Waals surface area contributed by atoms with E-state index in [2.05, 4.69) is 12.2 Å². The number of hydrogen-bond acceptors (Lipinski definition) is 3. The van der Waals surface area contributed by atoms with E-state index in [4.69, 9.17) is 17.3 Å². The molecule has 0 radical (unpaired) electrons. The second-order valence-corrected chi connectivity index (χ2v) is 6.88. The Morgan fingerprint density at radius 2 is 2.05 bits per heavy atom. The van der Waals surface area contributed by atoms with E-state index in [-0.39, 0.29) is 17.1 Å². The number of thiocarbonyl (C=S) groups is 1. The lowest BCUT2D eigenvalue weighted by atomic mass is 10.2. The first-order valence-corrected chi connectivity index (χ1v) is 8.00. The molecule has 1 atom stereocenters. The molecule has 0 aliphatic heterocycles. The fourth-order valence-corrected chi connectivity index (χ4v) is 3.73. The van der Waals surface area contributed by atoms with E-state index in [9.17, 15) is 21.6 Å². The molecule has 0 aliphatic rings. The van der Waals surface area contributed by atoms with Gasteiger partial charge in [-0.2, -0.15) is 13.2 Å². The Morgan fingerprint density at radius 3 is 2.48 bits per heavy atom. The molecule has 0 saturated carbocycles. The van der Waals surface area contributed by atoms with Crippen LogP contribution < -0.4 is 10.5 Å². The predicted octanol–water partition coefficient (Wildman–Crippen LogP) is 3.17. The van der Waals surface area contributed by atoms with Crippen molar-refractivity contribution in [2.75, 3.05) is 4.72 Å². The van der Waals surface area contributed by atoms with Crippen LogP contribution in [0.4, 0.5) is 18.9 Å². The summed E-state index contributed by atoms with van der Waals surface area (Å²) in [5, 5.41) is -1.69. The lowest BCUT2D eigenvalue weighted by Gasteiger charge is -2.17. The molecule has 0 fully saturated rings. The molecule has 1 aromatic rings. The second-order valence-electron chi connectivity index (χ2n) is 4.14. The van der Waals surface area contributed by atoms with Gasteiger partial charge in [0.05, 0.1) is 15.6 Å². The van der Waals surface area contributed by atoms with E-state index in [0.29, 0.717) is 6.07 Å². The zero-order chi connectivity index (χ0) is 16.4. The summed E-state index contributed by atoms with van der Waals surface area (Å²) in [6.45, 7) is 1.55. The Morgan fingerprint density at radius 1 is 1.48 bits per heavy atom. The minimum absolute atomic E-state index is 0.102. The molecule has 1 unspecified atom stereocenters. The maximum Gasteiger partial charge on any atom is 0.417 e. The number of rotatable bonds is 5. The number of alkyl halides is 3. The van der Waals surface area contributed by atoms with Crippen LogP contribution in [0.25, 0.3) is 0 Å². The quantitative estimate of drug-likeness (QED) is 0.791. The largest absolute Gasteiger partial charge is 0.417 e. The Labute approximate surface area is 130 Å². The number of benzene rings is 1. The normalized spacial score (nSPS) is 13.8. The molecule has 0 bridgehead atoms. The molecule has 3 N–H and O–H groups in total. The number of halogens is 4. The van der Waals surface area contributed by atoms with Crippen LogP contribution in [0, 0.1) is 0 Å². The SMILES string of the molecule is CCC(C(N)=S)S(=O)(=O)Nc1ccc(Cl)c(C(F)(F)F)c1. The first kappa shape index (κ1) is 18.0. The van der Waals surface area contributed by atoms with Crippen LogP contribution in [0.1, 0.15) is 18.9 Å². The molecule has 0 spiro atoms. The van der Waals surface area contributed by atoms with E-state index in [1.54, 1.807) is 6.92 Å². The van der Waals surface area contributed by atoms with E-state index < -0.39 is 32.0 Å². The Kier molecular flexibility index (Phi) is 5.46. The first-order valence-electron chi connectivity index (χ1n) is 5.66. The van der Waals surface area contributed by atoms with Gasteiger partial charge in [-0.05, 0) is 24.6 Å². The van der Waals surface area contributed by atoms with Crippen molar-refractivity contribution in [2.24, 2.45) is 5.73 Å². The van der Waals surface area contributed by atoms with Gasteiger partial charge in [-0.3, -0.25) is 4.72 Å². The Bertz CT molecular complexity index is 647. The summed E-state index contributed by atoms with van der Waals surface area (Å²) in [5.74, 6) is 0. The average Bonchev–Trinajstić information content (AvgIpc) is 2.29. The summed E-state index contributed by atoms with van der Waals surface area (Å²) in [5.41, 5.74) is 3.93. The lowest BCUT2D eigenvalue weighted by Crippen LogP contribution is -2.37. The van der Waals surface area contributed by atoms with Crippen LogP contribution in [0.5, 0.6) is 0 Å². The van der Waals surface area contributed by atoms with Crippen molar-refractivity contribution in [2.45, 2.75) is 24.8 Å². The van der Waals surface area contributed by atoms with Crippen molar-refractivity contribution in [1.29, 1.82) is 0 Å². The van der Waals surface area contributed by atoms with Gasteiger partial charge in [0.25, 0.3) is 0 Å². The maximum absolute atomic E-state index is 12.7. The summed E-state index contributed by atoms with van der Waals surface area (Å²) < 4.78 is 64.2. The van der Waals surface area contributed by atoms with Gasteiger partial charge >= 0.3 is 6.18 Å². The summed E-state index contributed by atoms with van der Waals surface area (Å²) in [6.07, 6.45) is -4.59. The van der Waals surface area contributed by atoms with Crippen LogP contribution in [0.15, 0.2) is 18.2 Å². The van der Waals surface area contributed by atoms with Gasteiger partial charge in [0.15, 0.2) is 0 Å².